The molecule has 1 atom stereocenters. The van der Waals surface area contributed by atoms with Gasteiger partial charge in [0.05, 0.1) is 17.1 Å². The summed E-state index contributed by atoms with van der Waals surface area (Å²) in [6.45, 7) is -1.49. The lowest BCUT2D eigenvalue weighted by atomic mass is 10.0. The van der Waals surface area contributed by atoms with Crippen LogP contribution in [0.5, 0.6) is 0 Å². The maximum atomic E-state index is 15.3. The zero-order valence-corrected chi connectivity index (χ0v) is 18.2. The van der Waals surface area contributed by atoms with Crippen molar-refractivity contribution in [2.45, 2.75) is 12.0 Å². The number of aliphatic hydroxyl groups is 1. The van der Waals surface area contributed by atoms with Crippen molar-refractivity contribution in [2.75, 3.05) is 12.3 Å². The third-order valence-corrected chi connectivity index (χ3v) is 5.44. The quantitative estimate of drug-likeness (QED) is 0.337. The predicted molar refractivity (Wildman–Crippen MR) is 116 cm³/mol. The zero-order chi connectivity index (χ0) is 25.5. The van der Waals surface area contributed by atoms with E-state index in [0.717, 1.165) is 0 Å². The van der Waals surface area contributed by atoms with Crippen LogP contribution >= 0.6 is 11.6 Å². The fourth-order valence-electron chi connectivity index (χ4n) is 3.38. The number of alkyl halides is 2. The van der Waals surface area contributed by atoms with Gasteiger partial charge in [0.15, 0.2) is 5.65 Å². The van der Waals surface area contributed by atoms with Crippen molar-refractivity contribution in [3.8, 4) is 11.1 Å². The first-order valence-corrected chi connectivity index (χ1v) is 10.2. The molecule has 1 amide bonds. The molecule has 35 heavy (non-hydrogen) atoms. The smallest absolute Gasteiger partial charge is 0.294 e. The number of hydrogen-bond donors (Lipinski definition) is 3. The molecule has 0 spiro atoms. The highest BCUT2D eigenvalue weighted by Crippen LogP contribution is 2.34. The minimum absolute atomic E-state index is 0.0116. The van der Waals surface area contributed by atoms with Crippen LogP contribution in [0.15, 0.2) is 48.7 Å². The van der Waals surface area contributed by atoms with E-state index in [9.17, 15) is 27.5 Å². The van der Waals surface area contributed by atoms with Gasteiger partial charge in [0.1, 0.15) is 23.6 Å². The van der Waals surface area contributed by atoms with Crippen LogP contribution in [-0.2, 0) is 0 Å². The summed E-state index contributed by atoms with van der Waals surface area (Å²) in [6.07, 6.45) is -1.25. The molecule has 0 aliphatic heterocycles. The molecule has 0 saturated heterocycles. The van der Waals surface area contributed by atoms with Gasteiger partial charge in [-0.25, -0.2) is 26.5 Å². The molecule has 7 nitrogen and oxygen atoms in total. The van der Waals surface area contributed by atoms with Crippen LogP contribution in [0.25, 0.3) is 16.8 Å². The lowest BCUT2D eigenvalue weighted by molar-refractivity contribution is -0.107. The van der Waals surface area contributed by atoms with E-state index >= 15 is 4.39 Å². The fourth-order valence-corrected chi connectivity index (χ4v) is 3.62. The second-order valence-electron chi connectivity index (χ2n) is 7.48. The van der Waals surface area contributed by atoms with Gasteiger partial charge >= 0.3 is 0 Å². The number of aliphatic hydroxyl groups excluding tert-OH is 1. The number of amides is 1. The summed E-state index contributed by atoms with van der Waals surface area (Å²) in [5.74, 6) is -8.91. The molecule has 182 valence electrons. The summed E-state index contributed by atoms with van der Waals surface area (Å²) in [6, 6.07) is 7.09. The molecule has 4 rings (SSSR count). The number of nitrogen functional groups attached to an aromatic ring is 1. The lowest BCUT2D eigenvalue weighted by Crippen LogP contribution is -2.41. The molecule has 13 heteroatoms. The van der Waals surface area contributed by atoms with Crippen molar-refractivity contribution in [3.63, 3.8) is 0 Å². The van der Waals surface area contributed by atoms with E-state index in [1.807, 2.05) is 0 Å². The molecular weight excluding hydrogens is 497 g/mol. The summed E-state index contributed by atoms with van der Waals surface area (Å²) in [4.78, 5) is 16.5. The Hall–Kier alpha value is -3.77. The van der Waals surface area contributed by atoms with Gasteiger partial charge in [-0.05, 0) is 35.9 Å². The lowest BCUT2D eigenvalue weighted by Gasteiger charge is -2.24. The van der Waals surface area contributed by atoms with Crippen LogP contribution in [0, 0.1) is 17.5 Å². The summed E-state index contributed by atoms with van der Waals surface area (Å²) in [5, 5.41) is 15.2. The molecule has 2 aromatic carbocycles. The Morgan fingerprint density at radius 3 is 2.63 bits per heavy atom. The number of hydrogen-bond acceptors (Lipinski definition) is 5. The van der Waals surface area contributed by atoms with Crippen LogP contribution in [0.4, 0.5) is 27.9 Å². The topological polar surface area (TPSA) is 106 Å². The SMILES string of the molecule is Nc1nc2cc(-c3ccc(Cl)c(C(=O)NCC(F)(F)[C@@H](O)c4ccc(F)cc4F)c3F)ccn2n1. The Bertz CT molecular complexity index is 1450. The number of anilines is 1. The average molecular weight is 512 g/mol. The normalized spacial score (nSPS) is 12.7. The molecule has 2 heterocycles. The zero-order valence-electron chi connectivity index (χ0n) is 17.4. The number of fused-ring (bicyclic) bond motifs is 1. The minimum atomic E-state index is -4.09. The van der Waals surface area contributed by atoms with Crippen molar-refractivity contribution < 1.29 is 31.9 Å². The van der Waals surface area contributed by atoms with E-state index in [-0.39, 0.29) is 22.1 Å². The third kappa shape index (κ3) is 4.75. The number of rotatable bonds is 6. The Balaban J connectivity index is 1.58. The third-order valence-electron chi connectivity index (χ3n) is 5.12. The van der Waals surface area contributed by atoms with Crippen LogP contribution in [0.2, 0.25) is 5.02 Å². The number of benzene rings is 2. The highest BCUT2D eigenvalue weighted by Gasteiger charge is 2.41. The molecule has 4 N–H and O–H groups in total. The van der Waals surface area contributed by atoms with Crippen molar-refractivity contribution in [1.29, 1.82) is 0 Å². The molecule has 0 aliphatic rings. The van der Waals surface area contributed by atoms with Crippen LogP contribution in [0.3, 0.4) is 0 Å². The first kappa shape index (κ1) is 24.4. The number of carbonyl (C=O) groups is 1. The summed E-state index contributed by atoms with van der Waals surface area (Å²) >= 11 is 5.96. The highest BCUT2D eigenvalue weighted by molar-refractivity contribution is 6.34. The number of nitrogens with one attached hydrogen (secondary N) is 1. The first-order valence-electron chi connectivity index (χ1n) is 9.87. The molecule has 0 saturated carbocycles. The Kier molecular flexibility index (Phi) is 6.34. The molecule has 2 aromatic heterocycles. The molecule has 4 aromatic rings. The average Bonchev–Trinajstić information content (AvgIpc) is 3.16. The van der Waals surface area contributed by atoms with Gasteiger partial charge in [0.25, 0.3) is 11.8 Å². The van der Waals surface area contributed by atoms with Gasteiger partial charge in [0, 0.05) is 23.4 Å². The minimum Gasteiger partial charge on any atom is -0.382 e. The molecule has 0 unspecified atom stereocenters. The maximum absolute atomic E-state index is 15.3. The van der Waals surface area contributed by atoms with Gasteiger partial charge < -0.3 is 16.2 Å². The Morgan fingerprint density at radius 2 is 1.91 bits per heavy atom. The standard InChI is InChI=1S/C22H15ClF5N5O2/c23-14-4-3-12(10-5-6-33-16(7-10)31-21(29)32-33)18(26)17(14)20(35)30-9-22(27,28)19(34)13-2-1-11(24)8-15(13)25/h1-8,19,34H,9H2,(H2,29,32)(H,30,35)/t19-/m0/s1. The predicted octanol–water partition coefficient (Wildman–Crippen LogP) is 4.15. The molecule has 0 bridgehead atoms. The van der Waals surface area contributed by atoms with E-state index < -0.39 is 53.1 Å². The van der Waals surface area contributed by atoms with Gasteiger partial charge in [-0.15, -0.1) is 5.10 Å². The summed E-state index contributed by atoms with van der Waals surface area (Å²) in [7, 11) is 0. The Labute approximate surface area is 199 Å². The summed E-state index contributed by atoms with van der Waals surface area (Å²) in [5.41, 5.74) is 4.43. The fraction of sp³-hybridized carbons (Fsp3) is 0.136. The van der Waals surface area contributed by atoms with Gasteiger partial charge in [0.2, 0.25) is 5.95 Å². The molecule has 0 aliphatic carbocycles. The highest BCUT2D eigenvalue weighted by atomic mass is 35.5. The largest absolute Gasteiger partial charge is 0.382 e. The van der Waals surface area contributed by atoms with Gasteiger partial charge in [-0.2, -0.15) is 4.98 Å². The van der Waals surface area contributed by atoms with Crippen molar-refractivity contribution in [1.82, 2.24) is 19.9 Å². The monoisotopic (exact) mass is 511 g/mol. The van der Waals surface area contributed by atoms with Crippen molar-refractivity contribution in [2.24, 2.45) is 0 Å². The molecule has 0 radical (unpaired) electrons. The first-order chi connectivity index (χ1) is 16.5. The molecule has 0 fully saturated rings. The number of nitrogens with zero attached hydrogens (tertiary/aromatic N) is 3. The number of carbonyl (C=O) groups excluding carboxylic acids is 1. The van der Waals surface area contributed by atoms with E-state index in [4.69, 9.17) is 17.3 Å². The van der Waals surface area contributed by atoms with E-state index in [1.54, 1.807) is 5.32 Å². The number of aromatic nitrogens is 3. The van der Waals surface area contributed by atoms with Crippen molar-refractivity contribution >= 4 is 29.1 Å². The van der Waals surface area contributed by atoms with E-state index in [2.05, 4.69) is 10.1 Å². The maximum Gasteiger partial charge on any atom is 0.294 e. The van der Waals surface area contributed by atoms with Gasteiger partial charge in [-0.1, -0.05) is 17.7 Å². The second kappa shape index (κ2) is 9.12. The van der Waals surface area contributed by atoms with E-state index in [0.29, 0.717) is 23.8 Å². The van der Waals surface area contributed by atoms with Gasteiger partial charge in [-0.3, -0.25) is 4.79 Å². The van der Waals surface area contributed by atoms with Crippen molar-refractivity contribution in [3.05, 3.63) is 82.3 Å². The molecular formula is C22H15ClF5N5O2. The van der Waals surface area contributed by atoms with Crippen LogP contribution < -0.4 is 11.1 Å². The Morgan fingerprint density at radius 1 is 1.17 bits per heavy atom. The number of nitrogens with two attached hydrogens (primary N) is 1. The van der Waals surface area contributed by atoms with Crippen LogP contribution in [0.1, 0.15) is 22.0 Å². The van der Waals surface area contributed by atoms with E-state index in [1.165, 1.54) is 35.0 Å². The number of pyridine rings is 1. The second-order valence-corrected chi connectivity index (χ2v) is 7.89. The van der Waals surface area contributed by atoms with Crippen LogP contribution in [-0.4, -0.2) is 38.1 Å². The summed E-state index contributed by atoms with van der Waals surface area (Å²) < 4.78 is 72.4. The number of halogens is 6.